The Morgan fingerprint density at radius 1 is 1.05 bits per heavy atom. The molecule has 4 rings (SSSR count). The third kappa shape index (κ3) is 2.00. The van der Waals surface area contributed by atoms with Crippen molar-refractivity contribution in [3.63, 3.8) is 0 Å². The van der Waals surface area contributed by atoms with Gasteiger partial charge in [0.1, 0.15) is 11.4 Å². The maximum Gasteiger partial charge on any atom is 0.163 e. The predicted octanol–water partition coefficient (Wildman–Crippen LogP) is 3.95. The molecule has 0 spiro atoms. The Morgan fingerprint density at radius 3 is 2.68 bits per heavy atom. The maximum absolute atomic E-state index is 5.50. The van der Waals surface area contributed by atoms with Crippen molar-refractivity contribution in [1.29, 1.82) is 0 Å². The minimum atomic E-state index is 0.665. The van der Waals surface area contributed by atoms with E-state index in [2.05, 4.69) is 15.5 Å². The highest BCUT2D eigenvalue weighted by Gasteiger charge is 2.11. The van der Waals surface area contributed by atoms with Crippen LogP contribution in [0.3, 0.4) is 0 Å². The summed E-state index contributed by atoms with van der Waals surface area (Å²) < 4.78 is 7.58. The predicted molar refractivity (Wildman–Crippen MR) is 87.1 cm³/mol. The molecule has 0 aliphatic carbocycles. The summed E-state index contributed by atoms with van der Waals surface area (Å²) in [6.07, 6.45) is 3.78. The van der Waals surface area contributed by atoms with Crippen molar-refractivity contribution in [3.8, 4) is 17.0 Å². The molecule has 0 bridgehead atoms. The van der Waals surface area contributed by atoms with Gasteiger partial charge in [-0.15, -0.1) is 0 Å². The lowest BCUT2D eigenvalue weighted by molar-refractivity contribution is 0.340. The molecule has 4 aromatic rings. The van der Waals surface area contributed by atoms with Crippen LogP contribution in [-0.2, 0) is 0 Å². The summed E-state index contributed by atoms with van der Waals surface area (Å²) in [4.78, 5) is 9.27. The van der Waals surface area contributed by atoms with Crippen LogP contribution in [0.5, 0.6) is 5.75 Å². The molecule has 0 aliphatic heterocycles. The summed E-state index contributed by atoms with van der Waals surface area (Å²) in [5.74, 6) is 0.867. The molecule has 0 aliphatic rings. The Bertz CT molecular complexity index is 942. The molecule has 0 saturated heterocycles. The fourth-order valence-electron chi connectivity index (χ4n) is 2.68. The van der Waals surface area contributed by atoms with Crippen LogP contribution < -0.4 is 4.74 Å². The fourth-order valence-corrected chi connectivity index (χ4v) is 2.68. The minimum absolute atomic E-state index is 0.665. The van der Waals surface area contributed by atoms with Crippen molar-refractivity contribution in [2.75, 3.05) is 6.61 Å². The van der Waals surface area contributed by atoms with Crippen LogP contribution in [0.1, 0.15) is 6.92 Å². The lowest BCUT2D eigenvalue weighted by Gasteiger charge is -2.08. The van der Waals surface area contributed by atoms with Gasteiger partial charge < -0.3 is 4.74 Å². The lowest BCUT2D eigenvalue weighted by atomic mass is 10.1. The van der Waals surface area contributed by atoms with E-state index >= 15 is 0 Å². The van der Waals surface area contributed by atoms with Crippen molar-refractivity contribution in [2.45, 2.75) is 6.92 Å². The zero-order chi connectivity index (χ0) is 14.9. The molecule has 0 saturated carbocycles. The van der Waals surface area contributed by atoms with Gasteiger partial charge in [0.05, 0.1) is 17.6 Å². The van der Waals surface area contributed by atoms with E-state index in [0.717, 1.165) is 33.7 Å². The van der Waals surface area contributed by atoms with E-state index in [9.17, 15) is 0 Å². The van der Waals surface area contributed by atoms with Gasteiger partial charge in [-0.25, -0.2) is 9.97 Å². The molecular weight excluding hydrogens is 274 g/mol. The van der Waals surface area contributed by atoms with E-state index < -0.39 is 0 Å². The quantitative estimate of drug-likeness (QED) is 0.573. The van der Waals surface area contributed by atoms with Crippen LogP contribution in [0.2, 0.25) is 0 Å². The summed E-state index contributed by atoms with van der Waals surface area (Å²) in [5, 5.41) is 0. The molecule has 0 atom stereocenters. The molecule has 22 heavy (non-hydrogen) atoms. The highest BCUT2D eigenvalue weighted by molar-refractivity contribution is 5.85. The largest absolute Gasteiger partial charge is 0.494 e. The molecule has 0 amide bonds. The van der Waals surface area contributed by atoms with E-state index in [1.165, 1.54) is 0 Å². The Balaban J connectivity index is 1.94. The molecule has 2 aromatic heterocycles. The van der Waals surface area contributed by atoms with Crippen molar-refractivity contribution >= 4 is 16.7 Å². The Hall–Kier alpha value is -2.88. The SMILES string of the molecule is CCOc1ccc(-c2nc3ccccc3n3ccnc23)cc1. The van der Waals surface area contributed by atoms with Gasteiger partial charge in [-0.2, -0.15) is 0 Å². The Labute approximate surface area is 128 Å². The van der Waals surface area contributed by atoms with E-state index in [4.69, 9.17) is 9.72 Å². The standard InChI is InChI=1S/C18H15N3O/c1-2-22-14-9-7-13(8-10-14)17-18-19-11-12-21(18)16-6-4-3-5-15(16)20-17/h3-12H,2H2,1H3. The highest BCUT2D eigenvalue weighted by Crippen LogP contribution is 2.27. The van der Waals surface area contributed by atoms with Crippen LogP contribution in [0.25, 0.3) is 27.9 Å². The maximum atomic E-state index is 5.50. The van der Waals surface area contributed by atoms with E-state index in [1.54, 1.807) is 0 Å². The van der Waals surface area contributed by atoms with E-state index in [1.807, 2.05) is 61.8 Å². The van der Waals surface area contributed by atoms with E-state index in [0.29, 0.717) is 6.61 Å². The molecular formula is C18H15N3O. The van der Waals surface area contributed by atoms with Crippen LogP contribution in [0.4, 0.5) is 0 Å². The monoisotopic (exact) mass is 289 g/mol. The highest BCUT2D eigenvalue weighted by atomic mass is 16.5. The van der Waals surface area contributed by atoms with Crippen molar-refractivity contribution < 1.29 is 4.74 Å². The number of fused-ring (bicyclic) bond motifs is 3. The summed E-state index contributed by atoms with van der Waals surface area (Å²) in [7, 11) is 0. The topological polar surface area (TPSA) is 39.4 Å². The normalized spacial score (nSPS) is 11.1. The third-order valence-electron chi connectivity index (χ3n) is 3.66. The zero-order valence-corrected chi connectivity index (χ0v) is 12.2. The Morgan fingerprint density at radius 2 is 1.86 bits per heavy atom. The average molecular weight is 289 g/mol. The summed E-state index contributed by atoms with van der Waals surface area (Å²) in [5.41, 5.74) is 4.79. The Kier molecular flexibility index (Phi) is 3.00. The molecule has 0 N–H and O–H groups in total. The number of benzene rings is 2. The first kappa shape index (κ1) is 12.8. The molecule has 0 fully saturated rings. The van der Waals surface area contributed by atoms with Gasteiger partial charge >= 0.3 is 0 Å². The first-order valence-electron chi connectivity index (χ1n) is 7.32. The number of ether oxygens (including phenoxy) is 1. The summed E-state index contributed by atoms with van der Waals surface area (Å²) in [6.45, 7) is 2.64. The molecule has 0 unspecified atom stereocenters. The van der Waals surface area contributed by atoms with Crippen molar-refractivity contribution in [2.24, 2.45) is 0 Å². The number of imidazole rings is 1. The van der Waals surface area contributed by atoms with Gasteiger partial charge in [-0.3, -0.25) is 4.40 Å². The average Bonchev–Trinajstić information content (AvgIpc) is 3.05. The lowest BCUT2D eigenvalue weighted by Crippen LogP contribution is -1.96. The third-order valence-corrected chi connectivity index (χ3v) is 3.66. The second-order valence-corrected chi connectivity index (χ2v) is 5.03. The number of aromatic nitrogens is 3. The van der Waals surface area contributed by atoms with Crippen LogP contribution in [0, 0.1) is 0 Å². The minimum Gasteiger partial charge on any atom is -0.494 e. The molecule has 4 heteroatoms. The smallest absolute Gasteiger partial charge is 0.163 e. The van der Waals surface area contributed by atoms with Gasteiger partial charge in [0.25, 0.3) is 0 Å². The second-order valence-electron chi connectivity index (χ2n) is 5.03. The summed E-state index contributed by atoms with van der Waals surface area (Å²) >= 11 is 0. The molecule has 2 aromatic carbocycles. The van der Waals surface area contributed by atoms with Gasteiger partial charge in [0.2, 0.25) is 0 Å². The second kappa shape index (κ2) is 5.15. The molecule has 2 heterocycles. The van der Waals surface area contributed by atoms with Gasteiger partial charge in [-0.05, 0) is 43.3 Å². The molecule has 108 valence electrons. The number of nitrogens with zero attached hydrogens (tertiary/aromatic N) is 3. The molecule has 0 radical (unpaired) electrons. The number of para-hydroxylation sites is 2. The number of rotatable bonds is 3. The van der Waals surface area contributed by atoms with E-state index in [-0.39, 0.29) is 0 Å². The first-order chi connectivity index (χ1) is 10.9. The fraction of sp³-hybridized carbons (Fsp3) is 0.111. The van der Waals surface area contributed by atoms with Gasteiger partial charge in [0.15, 0.2) is 5.65 Å². The van der Waals surface area contributed by atoms with Gasteiger partial charge in [-0.1, -0.05) is 12.1 Å². The zero-order valence-electron chi connectivity index (χ0n) is 12.2. The van der Waals surface area contributed by atoms with Crippen LogP contribution >= 0.6 is 0 Å². The van der Waals surface area contributed by atoms with Crippen molar-refractivity contribution in [3.05, 3.63) is 60.9 Å². The molecule has 4 nitrogen and oxygen atoms in total. The summed E-state index contributed by atoms with van der Waals surface area (Å²) in [6, 6.07) is 16.1. The van der Waals surface area contributed by atoms with Crippen molar-refractivity contribution in [1.82, 2.24) is 14.4 Å². The van der Waals surface area contributed by atoms with Gasteiger partial charge in [0, 0.05) is 18.0 Å². The van der Waals surface area contributed by atoms with Crippen LogP contribution in [-0.4, -0.2) is 21.0 Å². The van der Waals surface area contributed by atoms with Crippen LogP contribution in [0.15, 0.2) is 60.9 Å². The first-order valence-corrected chi connectivity index (χ1v) is 7.32. The number of hydrogen-bond acceptors (Lipinski definition) is 3. The number of hydrogen-bond donors (Lipinski definition) is 0.